The van der Waals surface area contributed by atoms with Crippen LogP contribution in [0.2, 0.25) is 0 Å². The molecule has 0 fully saturated rings. The molecule has 8 heavy (non-hydrogen) atoms. The highest BCUT2D eigenvalue weighted by atomic mass is 16.6. The van der Waals surface area contributed by atoms with Crippen molar-refractivity contribution in [3.63, 3.8) is 0 Å². The molecular weight excluding hydrogens is 102 g/mol. The minimum atomic E-state index is 0.899. The molecule has 0 aromatic heterocycles. The summed E-state index contributed by atoms with van der Waals surface area (Å²) < 4.78 is 0. The van der Waals surface area contributed by atoms with E-state index in [-0.39, 0.29) is 0 Å². The second kappa shape index (κ2) is 1.99. The summed E-state index contributed by atoms with van der Waals surface area (Å²) in [5.74, 6) is 0.899. The Morgan fingerprint density at radius 3 is 2.75 bits per heavy atom. The fourth-order valence-electron chi connectivity index (χ4n) is 0.516. The van der Waals surface area contributed by atoms with Crippen molar-refractivity contribution in [3.05, 3.63) is 11.8 Å². The zero-order chi connectivity index (χ0) is 5.98. The molecule has 44 valence electrons. The number of allylic oxidation sites excluding steroid dienone is 2. The Labute approximate surface area is 48.8 Å². The Bertz CT molecular complexity index is 129. The lowest BCUT2D eigenvalue weighted by Gasteiger charge is -2.04. The van der Waals surface area contributed by atoms with Crippen molar-refractivity contribution in [2.24, 2.45) is 5.16 Å². The second-order valence-corrected chi connectivity index (χ2v) is 1.94. The van der Waals surface area contributed by atoms with Crippen LogP contribution in [0.15, 0.2) is 17.0 Å². The largest absolute Gasteiger partial charge is 0.362 e. The molecule has 0 radical (unpaired) electrons. The van der Waals surface area contributed by atoms with Crippen LogP contribution >= 0.6 is 0 Å². The number of hydrogen-bond acceptors (Lipinski definition) is 2. The van der Waals surface area contributed by atoms with Crippen LogP contribution in [0.4, 0.5) is 0 Å². The van der Waals surface area contributed by atoms with E-state index in [4.69, 9.17) is 4.84 Å². The molecule has 2 nitrogen and oxygen atoms in total. The van der Waals surface area contributed by atoms with E-state index < -0.39 is 0 Å². The van der Waals surface area contributed by atoms with Gasteiger partial charge in [0.15, 0.2) is 0 Å². The topological polar surface area (TPSA) is 21.6 Å². The molecule has 2 heteroatoms. The van der Waals surface area contributed by atoms with Gasteiger partial charge in [0.25, 0.3) is 0 Å². The molecule has 0 bridgehead atoms. The molecule has 0 amide bonds. The maximum Gasteiger partial charge on any atom is 0.128 e. The van der Waals surface area contributed by atoms with Gasteiger partial charge in [0.2, 0.25) is 0 Å². The van der Waals surface area contributed by atoms with Crippen LogP contribution in [-0.4, -0.2) is 5.71 Å². The summed E-state index contributed by atoms with van der Waals surface area (Å²) in [5, 5.41) is 3.76. The quantitative estimate of drug-likeness (QED) is 0.466. The molecule has 0 N–H and O–H groups in total. The first-order valence-corrected chi connectivity index (χ1v) is 2.66. The van der Waals surface area contributed by atoms with Gasteiger partial charge < -0.3 is 4.84 Å². The maximum absolute atomic E-state index is 4.84. The molecule has 1 aliphatic rings. The Kier molecular flexibility index (Phi) is 1.33. The predicted octanol–water partition coefficient (Wildman–Crippen LogP) is 1.69. The molecule has 0 aromatic carbocycles. The Balaban J connectivity index is 2.54. The zero-order valence-electron chi connectivity index (χ0n) is 5.14. The van der Waals surface area contributed by atoms with Crippen LogP contribution < -0.4 is 0 Å². The van der Waals surface area contributed by atoms with Gasteiger partial charge in [0.1, 0.15) is 5.76 Å². The van der Waals surface area contributed by atoms with E-state index in [0.717, 1.165) is 17.9 Å². The summed E-state index contributed by atoms with van der Waals surface area (Å²) >= 11 is 0. The highest BCUT2D eigenvalue weighted by Crippen LogP contribution is 2.05. The molecule has 0 saturated carbocycles. The Morgan fingerprint density at radius 1 is 1.62 bits per heavy atom. The molecule has 0 saturated heterocycles. The average molecular weight is 111 g/mol. The molecule has 0 unspecified atom stereocenters. The Morgan fingerprint density at radius 2 is 2.38 bits per heavy atom. The third-order valence-corrected chi connectivity index (χ3v) is 1.03. The monoisotopic (exact) mass is 111 g/mol. The lowest BCUT2D eigenvalue weighted by Crippen LogP contribution is -1.96. The smallest absolute Gasteiger partial charge is 0.128 e. The first kappa shape index (κ1) is 5.35. The van der Waals surface area contributed by atoms with Gasteiger partial charge >= 0.3 is 0 Å². The molecule has 0 aromatic rings. The molecule has 1 heterocycles. The van der Waals surface area contributed by atoms with E-state index in [1.807, 2.05) is 19.9 Å². The summed E-state index contributed by atoms with van der Waals surface area (Å²) in [7, 11) is 0. The standard InChI is InChI=1S/C6H9NO/c1-5-3-4-6(2)8-7-5/h4H,3H2,1-2H3. The van der Waals surface area contributed by atoms with Crippen LogP contribution in [0.5, 0.6) is 0 Å². The highest BCUT2D eigenvalue weighted by molar-refractivity contribution is 5.83. The van der Waals surface area contributed by atoms with Crippen molar-refractivity contribution < 1.29 is 4.84 Å². The third kappa shape index (κ3) is 1.09. The van der Waals surface area contributed by atoms with Crippen LogP contribution in [0, 0.1) is 0 Å². The number of hydrogen-bond donors (Lipinski definition) is 0. The Hall–Kier alpha value is -0.790. The molecule has 1 aliphatic heterocycles. The second-order valence-electron chi connectivity index (χ2n) is 1.94. The van der Waals surface area contributed by atoms with E-state index in [9.17, 15) is 0 Å². The van der Waals surface area contributed by atoms with E-state index in [1.54, 1.807) is 0 Å². The lowest BCUT2D eigenvalue weighted by atomic mass is 10.2. The number of oxime groups is 1. The molecular formula is C6H9NO. The highest BCUT2D eigenvalue weighted by Gasteiger charge is 1.97. The summed E-state index contributed by atoms with van der Waals surface area (Å²) in [6.07, 6.45) is 2.95. The zero-order valence-corrected chi connectivity index (χ0v) is 5.14. The maximum atomic E-state index is 4.84. The van der Waals surface area contributed by atoms with E-state index in [1.165, 1.54) is 0 Å². The van der Waals surface area contributed by atoms with Gasteiger partial charge in [-0.3, -0.25) is 0 Å². The van der Waals surface area contributed by atoms with Gasteiger partial charge in [0, 0.05) is 6.42 Å². The summed E-state index contributed by atoms with van der Waals surface area (Å²) in [6.45, 7) is 3.85. The number of rotatable bonds is 0. The molecule has 0 spiro atoms. The van der Waals surface area contributed by atoms with Gasteiger partial charge in [-0.2, -0.15) is 0 Å². The lowest BCUT2D eigenvalue weighted by molar-refractivity contribution is 0.223. The van der Waals surface area contributed by atoms with Crippen molar-refractivity contribution >= 4 is 5.71 Å². The average Bonchev–Trinajstić information content (AvgIpc) is 1.77. The van der Waals surface area contributed by atoms with Crippen LogP contribution in [0.25, 0.3) is 0 Å². The van der Waals surface area contributed by atoms with E-state index in [0.29, 0.717) is 0 Å². The van der Waals surface area contributed by atoms with Crippen molar-refractivity contribution in [3.8, 4) is 0 Å². The minimum absolute atomic E-state index is 0.899. The first-order chi connectivity index (χ1) is 3.79. The SMILES string of the molecule is CC1=CCC(C)=NO1. The first-order valence-electron chi connectivity index (χ1n) is 2.66. The predicted molar refractivity (Wildman–Crippen MR) is 32.6 cm³/mol. The van der Waals surface area contributed by atoms with Crippen LogP contribution in [-0.2, 0) is 4.84 Å². The molecule has 0 atom stereocenters. The van der Waals surface area contributed by atoms with E-state index in [2.05, 4.69) is 5.16 Å². The van der Waals surface area contributed by atoms with Gasteiger partial charge in [-0.05, 0) is 19.9 Å². The van der Waals surface area contributed by atoms with E-state index >= 15 is 0 Å². The third-order valence-electron chi connectivity index (χ3n) is 1.03. The van der Waals surface area contributed by atoms with Crippen molar-refractivity contribution in [2.75, 3.05) is 0 Å². The van der Waals surface area contributed by atoms with Crippen LogP contribution in [0.1, 0.15) is 20.3 Å². The summed E-state index contributed by atoms with van der Waals surface area (Å²) in [4.78, 5) is 4.84. The summed E-state index contributed by atoms with van der Waals surface area (Å²) in [6, 6.07) is 0. The molecule has 0 aliphatic carbocycles. The van der Waals surface area contributed by atoms with Gasteiger partial charge in [-0.1, -0.05) is 5.16 Å². The van der Waals surface area contributed by atoms with Crippen LogP contribution in [0.3, 0.4) is 0 Å². The number of nitrogens with zero attached hydrogens (tertiary/aromatic N) is 1. The normalized spacial score (nSPS) is 18.8. The summed E-state index contributed by atoms with van der Waals surface area (Å²) in [5.41, 5.74) is 1.04. The van der Waals surface area contributed by atoms with Crippen molar-refractivity contribution in [1.82, 2.24) is 0 Å². The molecule has 1 rings (SSSR count). The van der Waals surface area contributed by atoms with Gasteiger partial charge in [-0.15, -0.1) is 0 Å². The van der Waals surface area contributed by atoms with Gasteiger partial charge in [0.05, 0.1) is 5.71 Å². The van der Waals surface area contributed by atoms with Crippen molar-refractivity contribution in [1.29, 1.82) is 0 Å². The van der Waals surface area contributed by atoms with Gasteiger partial charge in [-0.25, -0.2) is 0 Å². The minimum Gasteiger partial charge on any atom is -0.362 e. The fourth-order valence-corrected chi connectivity index (χ4v) is 0.516. The fraction of sp³-hybridized carbons (Fsp3) is 0.500. The van der Waals surface area contributed by atoms with Crippen molar-refractivity contribution in [2.45, 2.75) is 20.3 Å².